The number of carboxylic acid groups (broad SMARTS) is 1. The van der Waals surface area contributed by atoms with E-state index in [1.165, 1.54) is 6.33 Å². The fourth-order valence-corrected chi connectivity index (χ4v) is 1.74. The Hall–Kier alpha value is -1.85. The SMILES string of the molecule is CCC(CC)(Nc1cc(OC(C)C)ncn1)C(=O)O. The lowest BCUT2D eigenvalue weighted by Gasteiger charge is -2.28. The van der Waals surface area contributed by atoms with Crippen molar-refractivity contribution in [2.75, 3.05) is 5.32 Å². The molecule has 0 saturated carbocycles. The van der Waals surface area contributed by atoms with Crippen LogP contribution in [0.25, 0.3) is 0 Å². The van der Waals surface area contributed by atoms with Gasteiger partial charge in [0.1, 0.15) is 17.7 Å². The van der Waals surface area contributed by atoms with Crippen LogP contribution in [0.2, 0.25) is 0 Å². The van der Waals surface area contributed by atoms with E-state index in [2.05, 4.69) is 15.3 Å². The van der Waals surface area contributed by atoms with E-state index in [0.717, 1.165) is 0 Å². The smallest absolute Gasteiger partial charge is 0.329 e. The molecule has 6 nitrogen and oxygen atoms in total. The van der Waals surface area contributed by atoms with Gasteiger partial charge in [-0.1, -0.05) is 13.8 Å². The quantitative estimate of drug-likeness (QED) is 0.788. The van der Waals surface area contributed by atoms with E-state index in [0.29, 0.717) is 24.5 Å². The number of aliphatic carboxylic acids is 1. The van der Waals surface area contributed by atoms with Gasteiger partial charge in [0.05, 0.1) is 6.10 Å². The normalized spacial score (nSPS) is 11.4. The second kappa shape index (κ2) is 6.36. The summed E-state index contributed by atoms with van der Waals surface area (Å²) < 4.78 is 5.46. The van der Waals surface area contributed by atoms with Gasteiger partial charge in [0.25, 0.3) is 0 Å². The number of anilines is 1. The Labute approximate surface area is 113 Å². The van der Waals surface area contributed by atoms with Crippen LogP contribution in [0.15, 0.2) is 12.4 Å². The average molecular weight is 267 g/mol. The molecule has 106 valence electrons. The van der Waals surface area contributed by atoms with Gasteiger partial charge in [0.15, 0.2) is 0 Å². The minimum atomic E-state index is -1.01. The van der Waals surface area contributed by atoms with E-state index in [1.807, 2.05) is 27.7 Å². The predicted molar refractivity (Wildman–Crippen MR) is 72.4 cm³/mol. The molecule has 0 aliphatic rings. The summed E-state index contributed by atoms with van der Waals surface area (Å²) in [6.45, 7) is 7.46. The largest absolute Gasteiger partial charge is 0.480 e. The van der Waals surface area contributed by atoms with Crippen molar-refractivity contribution in [1.82, 2.24) is 9.97 Å². The summed E-state index contributed by atoms with van der Waals surface area (Å²) in [5.74, 6) is -0.00168. The van der Waals surface area contributed by atoms with Crippen LogP contribution >= 0.6 is 0 Å². The molecule has 0 spiro atoms. The number of ether oxygens (including phenoxy) is 1. The Morgan fingerprint density at radius 2 is 2.05 bits per heavy atom. The van der Waals surface area contributed by atoms with Crippen LogP contribution in [0.1, 0.15) is 40.5 Å². The van der Waals surface area contributed by atoms with Gasteiger partial charge in [-0.3, -0.25) is 0 Å². The number of carboxylic acids is 1. The second-order valence-electron chi connectivity index (χ2n) is 4.63. The van der Waals surface area contributed by atoms with Gasteiger partial charge >= 0.3 is 5.97 Å². The first-order valence-corrected chi connectivity index (χ1v) is 6.43. The molecular weight excluding hydrogens is 246 g/mol. The fraction of sp³-hybridized carbons (Fsp3) is 0.615. The predicted octanol–water partition coefficient (Wildman–Crippen LogP) is 2.32. The highest BCUT2D eigenvalue weighted by Crippen LogP contribution is 2.23. The van der Waals surface area contributed by atoms with Crippen molar-refractivity contribution in [3.8, 4) is 5.88 Å². The third-order valence-electron chi connectivity index (χ3n) is 2.98. The van der Waals surface area contributed by atoms with Crippen LogP contribution in [-0.2, 0) is 4.79 Å². The van der Waals surface area contributed by atoms with Crippen molar-refractivity contribution in [2.45, 2.75) is 52.2 Å². The van der Waals surface area contributed by atoms with Crippen LogP contribution in [0.5, 0.6) is 5.88 Å². The van der Waals surface area contributed by atoms with E-state index in [1.54, 1.807) is 6.07 Å². The number of hydrogen-bond donors (Lipinski definition) is 2. The maximum Gasteiger partial charge on any atom is 0.329 e. The number of nitrogens with one attached hydrogen (secondary N) is 1. The molecule has 0 fully saturated rings. The lowest BCUT2D eigenvalue weighted by molar-refractivity contribution is -0.142. The van der Waals surface area contributed by atoms with E-state index in [9.17, 15) is 9.90 Å². The third-order valence-corrected chi connectivity index (χ3v) is 2.98. The molecule has 1 heterocycles. The first-order chi connectivity index (χ1) is 8.93. The number of rotatable bonds is 7. The van der Waals surface area contributed by atoms with Crippen molar-refractivity contribution >= 4 is 11.8 Å². The van der Waals surface area contributed by atoms with Gasteiger partial charge < -0.3 is 15.2 Å². The standard InChI is InChI=1S/C13H21N3O3/c1-5-13(6-2,12(17)18)16-10-7-11(15-8-14-10)19-9(3)4/h7-9H,5-6H2,1-4H3,(H,17,18)(H,14,15,16). The highest BCUT2D eigenvalue weighted by Gasteiger charge is 2.35. The van der Waals surface area contributed by atoms with E-state index in [-0.39, 0.29) is 6.10 Å². The molecule has 0 amide bonds. The monoisotopic (exact) mass is 267 g/mol. The number of hydrogen-bond acceptors (Lipinski definition) is 5. The van der Waals surface area contributed by atoms with Crippen LogP contribution in [-0.4, -0.2) is 32.7 Å². The Morgan fingerprint density at radius 1 is 1.42 bits per heavy atom. The molecule has 0 atom stereocenters. The number of aromatic nitrogens is 2. The maximum atomic E-state index is 11.4. The Morgan fingerprint density at radius 3 is 2.53 bits per heavy atom. The summed E-state index contributed by atoms with van der Waals surface area (Å²) >= 11 is 0. The van der Waals surface area contributed by atoms with Gasteiger partial charge in [-0.2, -0.15) is 0 Å². The summed E-state index contributed by atoms with van der Waals surface area (Å²) in [7, 11) is 0. The summed E-state index contributed by atoms with van der Waals surface area (Å²) in [5, 5.41) is 12.3. The molecule has 0 aromatic carbocycles. The molecule has 6 heteroatoms. The van der Waals surface area contributed by atoms with Crippen LogP contribution in [0.3, 0.4) is 0 Å². The van der Waals surface area contributed by atoms with Gasteiger partial charge in [0, 0.05) is 6.07 Å². The second-order valence-corrected chi connectivity index (χ2v) is 4.63. The fourth-order valence-electron chi connectivity index (χ4n) is 1.74. The molecular formula is C13H21N3O3. The summed E-state index contributed by atoms with van der Waals surface area (Å²) in [4.78, 5) is 19.4. The third kappa shape index (κ3) is 3.81. The highest BCUT2D eigenvalue weighted by molar-refractivity contribution is 5.82. The molecule has 0 unspecified atom stereocenters. The summed E-state index contributed by atoms with van der Waals surface area (Å²) in [6.07, 6.45) is 2.29. The zero-order valence-electron chi connectivity index (χ0n) is 11.8. The topological polar surface area (TPSA) is 84.3 Å². The minimum Gasteiger partial charge on any atom is -0.480 e. The lowest BCUT2D eigenvalue weighted by atomic mass is 9.93. The van der Waals surface area contributed by atoms with Gasteiger partial charge in [0.2, 0.25) is 5.88 Å². The maximum absolute atomic E-state index is 11.4. The van der Waals surface area contributed by atoms with Crippen LogP contribution in [0.4, 0.5) is 5.82 Å². The molecule has 2 N–H and O–H groups in total. The molecule has 0 bridgehead atoms. The molecule has 0 aliphatic carbocycles. The van der Waals surface area contributed by atoms with Crippen molar-refractivity contribution < 1.29 is 14.6 Å². The first-order valence-electron chi connectivity index (χ1n) is 6.43. The lowest BCUT2D eigenvalue weighted by Crippen LogP contribution is -2.45. The summed E-state index contributed by atoms with van der Waals surface area (Å²) in [5.41, 5.74) is -1.01. The molecule has 1 rings (SSSR count). The molecule has 19 heavy (non-hydrogen) atoms. The average Bonchev–Trinajstić information content (AvgIpc) is 2.35. The zero-order chi connectivity index (χ0) is 14.5. The molecule has 1 aromatic rings. The molecule has 0 aliphatic heterocycles. The van der Waals surface area contributed by atoms with Crippen molar-refractivity contribution in [2.24, 2.45) is 0 Å². The summed E-state index contributed by atoms with van der Waals surface area (Å²) in [6, 6.07) is 1.61. The number of carbonyl (C=O) groups is 1. The van der Waals surface area contributed by atoms with Crippen molar-refractivity contribution in [3.05, 3.63) is 12.4 Å². The van der Waals surface area contributed by atoms with Crippen molar-refractivity contribution in [1.29, 1.82) is 0 Å². The number of nitrogens with zero attached hydrogens (tertiary/aromatic N) is 2. The van der Waals surface area contributed by atoms with Crippen LogP contribution in [0, 0.1) is 0 Å². The van der Waals surface area contributed by atoms with Gasteiger partial charge in [-0.15, -0.1) is 0 Å². The highest BCUT2D eigenvalue weighted by atomic mass is 16.5. The minimum absolute atomic E-state index is 0.00401. The van der Waals surface area contributed by atoms with Gasteiger partial charge in [-0.25, -0.2) is 14.8 Å². The van der Waals surface area contributed by atoms with E-state index >= 15 is 0 Å². The Bertz CT molecular complexity index is 431. The van der Waals surface area contributed by atoms with Gasteiger partial charge in [-0.05, 0) is 26.7 Å². The van der Waals surface area contributed by atoms with Crippen LogP contribution < -0.4 is 10.1 Å². The Balaban J connectivity index is 2.94. The Kier molecular flexibility index (Phi) is 5.09. The molecule has 0 radical (unpaired) electrons. The first kappa shape index (κ1) is 15.2. The zero-order valence-corrected chi connectivity index (χ0v) is 11.8. The van der Waals surface area contributed by atoms with Crippen molar-refractivity contribution in [3.63, 3.8) is 0 Å². The van der Waals surface area contributed by atoms with E-state index < -0.39 is 11.5 Å². The van der Waals surface area contributed by atoms with E-state index in [4.69, 9.17) is 4.74 Å². The molecule has 0 saturated heterocycles. The molecule has 1 aromatic heterocycles.